The quantitative estimate of drug-likeness (QED) is 0.767. The molecule has 27 heavy (non-hydrogen) atoms. The predicted molar refractivity (Wildman–Crippen MR) is 108 cm³/mol. The summed E-state index contributed by atoms with van der Waals surface area (Å²) in [7, 11) is 3.27. The second-order valence-corrected chi connectivity index (χ2v) is 7.60. The van der Waals surface area contributed by atoms with E-state index in [1.807, 2.05) is 24.4 Å². The number of hydrazine groups is 1. The van der Waals surface area contributed by atoms with Crippen molar-refractivity contribution in [2.75, 3.05) is 39.3 Å². The number of thioether (sulfide) groups is 1. The second-order valence-electron chi connectivity index (χ2n) is 6.56. The van der Waals surface area contributed by atoms with Crippen LogP contribution in [0.3, 0.4) is 0 Å². The number of hydrogen-bond donors (Lipinski definition) is 2. The highest BCUT2D eigenvalue weighted by molar-refractivity contribution is 8.14. The molecule has 2 unspecified atom stereocenters. The van der Waals surface area contributed by atoms with Crippen LogP contribution in [0.2, 0.25) is 0 Å². The molecule has 8 nitrogen and oxygen atoms in total. The minimum Gasteiger partial charge on any atom is -0.493 e. The fourth-order valence-electron chi connectivity index (χ4n) is 3.30. The van der Waals surface area contributed by atoms with Gasteiger partial charge in [0.15, 0.2) is 22.2 Å². The molecule has 0 radical (unpaired) electrons. The Balaban J connectivity index is 1.34. The fourth-order valence-corrected chi connectivity index (χ4v) is 4.32. The number of amidine groups is 1. The van der Waals surface area contributed by atoms with Crippen molar-refractivity contribution >= 4 is 28.8 Å². The SMILES string of the molecule is COc1ccc(NCC2C=NC3SC(=NC4CCOCC4)NN23)cc1OC. The first-order chi connectivity index (χ1) is 13.3. The van der Waals surface area contributed by atoms with E-state index in [1.165, 1.54) is 0 Å². The Hall–Kier alpha value is -1.97. The van der Waals surface area contributed by atoms with Crippen molar-refractivity contribution in [1.82, 2.24) is 10.4 Å². The summed E-state index contributed by atoms with van der Waals surface area (Å²) < 4.78 is 16.1. The van der Waals surface area contributed by atoms with Crippen molar-refractivity contribution < 1.29 is 14.2 Å². The summed E-state index contributed by atoms with van der Waals surface area (Å²) in [5.41, 5.74) is 4.46. The van der Waals surface area contributed by atoms with Crippen LogP contribution in [-0.4, -0.2) is 68.0 Å². The molecule has 0 saturated carbocycles. The third-order valence-electron chi connectivity index (χ3n) is 4.81. The van der Waals surface area contributed by atoms with Gasteiger partial charge in [0.1, 0.15) is 0 Å². The van der Waals surface area contributed by atoms with Gasteiger partial charge in [-0.05, 0) is 36.7 Å². The Kier molecular flexibility index (Phi) is 5.70. The van der Waals surface area contributed by atoms with Crippen molar-refractivity contribution in [2.45, 2.75) is 30.4 Å². The molecule has 2 saturated heterocycles. The van der Waals surface area contributed by atoms with Crippen LogP contribution < -0.4 is 20.2 Å². The third kappa shape index (κ3) is 4.15. The number of aliphatic imine (C=N–C) groups is 2. The molecule has 0 spiro atoms. The highest BCUT2D eigenvalue weighted by Crippen LogP contribution is 2.32. The van der Waals surface area contributed by atoms with Crippen LogP contribution >= 0.6 is 11.8 Å². The van der Waals surface area contributed by atoms with E-state index in [4.69, 9.17) is 19.2 Å². The van der Waals surface area contributed by atoms with E-state index >= 15 is 0 Å². The molecule has 4 rings (SSSR count). The van der Waals surface area contributed by atoms with Crippen LogP contribution in [-0.2, 0) is 4.74 Å². The number of nitrogens with zero attached hydrogens (tertiary/aromatic N) is 3. The number of fused-ring (bicyclic) bond motifs is 1. The van der Waals surface area contributed by atoms with Crippen molar-refractivity contribution in [3.63, 3.8) is 0 Å². The smallest absolute Gasteiger partial charge is 0.175 e. The number of rotatable bonds is 6. The zero-order valence-corrected chi connectivity index (χ0v) is 16.4. The van der Waals surface area contributed by atoms with Crippen molar-refractivity contribution in [2.24, 2.45) is 9.98 Å². The predicted octanol–water partition coefficient (Wildman–Crippen LogP) is 1.94. The van der Waals surface area contributed by atoms with E-state index in [1.54, 1.807) is 26.0 Å². The summed E-state index contributed by atoms with van der Waals surface area (Å²) >= 11 is 1.67. The van der Waals surface area contributed by atoms with Gasteiger partial charge in [-0.1, -0.05) is 0 Å². The summed E-state index contributed by atoms with van der Waals surface area (Å²) in [5, 5.41) is 6.55. The van der Waals surface area contributed by atoms with Crippen LogP contribution in [0.5, 0.6) is 11.5 Å². The number of methoxy groups -OCH3 is 2. The molecule has 3 aliphatic heterocycles. The Morgan fingerprint density at radius 1 is 1.30 bits per heavy atom. The number of ether oxygens (including phenoxy) is 3. The standard InChI is InChI=1S/C18H25N5O3S/c1-24-15-4-3-13(9-16(15)25-2)19-10-14-11-20-18-23(14)22-17(27-18)21-12-5-7-26-8-6-12/h3-4,9,11-12,14,18-19H,5-8,10H2,1-2H3,(H,21,22). The molecule has 2 N–H and O–H groups in total. The lowest BCUT2D eigenvalue weighted by Crippen LogP contribution is -2.46. The maximum Gasteiger partial charge on any atom is 0.175 e. The highest BCUT2D eigenvalue weighted by Gasteiger charge is 2.38. The molecule has 0 aliphatic carbocycles. The summed E-state index contributed by atoms with van der Waals surface area (Å²) in [6.07, 6.45) is 3.97. The molecular weight excluding hydrogens is 366 g/mol. The van der Waals surface area contributed by atoms with Gasteiger partial charge in [-0.25, -0.2) is 0 Å². The maximum atomic E-state index is 5.41. The Bertz CT molecular complexity index is 723. The summed E-state index contributed by atoms with van der Waals surface area (Å²) in [6.45, 7) is 2.33. The van der Waals surface area contributed by atoms with Crippen molar-refractivity contribution in [3.8, 4) is 11.5 Å². The molecule has 3 aliphatic rings. The molecule has 0 bridgehead atoms. The molecule has 0 aromatic heterocycles. The van der Waals surface area contributed by atoms with Gasteiger partial charge < -0.3 is 19.5 Å². The lowest BCUT2D eigenvalue weighted by atomic mass is 10.1. The zero-order chi connectivity index (χ0) is 18.6. The molecule has 2 atom stereocenters. The summed E-state index contributed by atoms with van der Waals surface area (Å²) in [4.78, 5) is 9.44. The van der Waals surface area contributed by atoms with Crippen LogP contribution in [0.1, 0.15) is 12.8 Å². The topological polar surface area (TPSA) is 79.7 Å². The minimum atomic E-state index is 0.0563. The fraction of sp³-hybridized carbons (Fsp3) is 0.556. The summed E-state index contributed by atoms with van der Waals surface area (Å²) in [5.74, 6) is 1.43. The first-order valence-corrected chi connectivity index (χ1v) is 10.0. The lowest BCUT2D eigenvalue weighted by Gasteiger charge is -2.22. The monoisotopic (exact) mass is 391 g/mol. The number of anilines is 1. The Morgan fingerprint density at radius 3 is 2.89 bits per heavy atom. The molecule has 2 fully saturated rings. The van der Waals surface area contributed by atoms with Crippen LogP contribution in [0.25, 0.3) is 0 Å². The molecule has 9 heteroatoms. The first-order valence-electron chi connectivity index (χ1n) is 9.13. The minimum absolute atomic E-state index is 0.0563. The van der Waals surface area contributed by atoms with E-state index in [2.05, 4.69) is 20.7 Å². The van der Waals surface area contributed by atoms with E-state index in [-0.39, 0.29) is 11.5 Å². The van der Waals surface area contributed by atoms with Crippen LogP contribution in [0, 0.1) is 0 Å². The Morgan fingerprint density at radius 2 is 2.11 bits per heavy atom. The number of nitrogens with one attached hydrogen (secondary N) is 2. The highest BCUT2D eigenvalue weighted by atomic mass is 32.2. The van der Waals surface area contributed by atoms with Gasteiger partial charge >= 0.3 is 0 Å². The first kappa shape index (κ1) is 18.4. The zero-order valence-electron chi connectivity index (χ0n) is 15.6. The van der Waals surface area contributed by atoms with Gasteiger partial charge in [0.2, 0.25) is 0 Å². The number of benzene rings is 1. The van der Waals surface area contributed by atoms with E-state index in [0.29, 0.717) is 11.8 Å². The Labute approximate surface area is 163 Å². The average molecular weight is 391 g/mol. The molecule has 3 heterocycles. The molecule has 0 amide bonds. The second kappa shape index (κ2) is 8.37. The largest absolute Gasteiger partial charge is 0.493 e. The molecule has 146 valence electrons. The van der Waals surface area contributed by atoms with Crippen LogP contribution in [0.15, 0.2) is 28.2 Å². The van der Waals surface area contributed by atoms with E-state index in [0.717, 1.165) is 49.2 Å². The average Bonchev–Trinajstić information content (AvgIpc) is 3.27. The maximum absolute atomic E-state index is 5.41. The van der Waals surface area contributed by atoms with E-state index < -0.39 is 0 Å². The third-order valence-corrected chi connectivity index (χ3v) is 5.79. The van der Waals surface area contributed by atoms with Gasteiger partial charge in [0.25, 0.3) is 0 Å². The number of hydrogen-bond acceptors (Lipinski definition) is 8. The molecule has 1 aromatic rings. The van der Waals surface area contributed by atoms with Gasteiger partial charge in [-0.15, -0.1) is 0 Å². The van der Waals surface area contributed by atoms with E-state index in [9.17, 15) is 0 Å². The summed E-state index contributed by atoms with van der Waals surface area (Å²) in [6, 6.07) is 6.32. The van der Waals surface area contributed by atoms with Gasteiger partial charge in [0, 0.05) is 37.7 Å². The van der Waals surface area contributed by atoms with Crippen molar-refractivity contribution in [1.29, 1.82) is 0 Å². The molecular formula is C18H25N5O3S. The van der Waals surface area contributed by atoms with Crippen LogP contribution in [0.4, 0.5) is 5.69 Å². The molecule has 1 aromatic carbocycles. The van der Waals surface area contributed by atoms with Gasteiger partial charge in [-0.3, -0.25) is 15.4 Å². The lowest BCUT2D eigenvalue weighted by molar-refractivity contribution is 0.0870. The normalized spacial score (nSPS) is 26.8. The van der Waals surface area contributed by atoms with Crippen molar-refractivity contribution in [3.05, 3.63) is 18.2 Å². The van der Waals surface area contributed by atoms with Gasteiger partial charge in [-0.2, -0.15) is 5.01 Å². The van der Waals surface area contributed by atoms with Gasteiger partial charge in [0.05, 0.1) is 26.3 Å².